The maximum absolute atomic E-state index is 12.6. The van der Waals surface area contributed by atoms with Crippen molar-refractivity contribution in [1.82, 2.24) is 0 Å². The molecular weight excluding hydrogens is 370 g/mol. The van der Waals surface area contributed by atoms with Gasteiger partial charge in [0.05, 0.1) is 11.1 Å². The van der Waals surface area contributed by atoms with Gasteiger partial charge in [0, 0.05) is 11.5 Å². The highest BCUT2D eigenvalue weighted by atomic mass is 33.1. The van der Waals surface area contributed by atoms with Crippen molar-refractivity contribution in [2.24, 2.45) is 0 Å². The Kier molecular flexibility index (Phi) is 6.14. The summed E-state index contributed by atoms with van der Waals surface area (Å²) in [6, 6.07) is 10.0. The van der Waals surface area contributed by atoms with Crippen LogP contribution < -0.4 is 0 Å². The van der Waals surface area contributed by atoms with E-state index in [9.17, 15) is 26.3 Å². The van der Waals surface area contributed by atoms with Gasteiger partial charge >= 0.3 is 12.4 Å². The van der Waals surface area contributed by atoms with Gasteiger partial charge in [0.2, 0.25) is 0 Å². The maximum atomic E-state index is 12.6. The van der Waals surface area contributed by atoms with Gasteiger partial charge in [0.15, 0.2) is 0 Å². The smallest absolute Gasteiger partial charge is 0.166 e. The Morgan fingerprint density at radius 3 is 1.33 bits per heavy atom. The number of hydrogen-bond acceptors (Lipinski definition) is 2. The molecule has 0 N–H and O–H groups in total. The monoisotopic (exact) mass is 382 g/mol. The van der Waals surface area contributed by atoms with Gasteiger partial charge in [-0.15, -0.1) is 0 Å². The van der Waals surface area contributed by atoms with Crippen molar-refractivity contribution in [2.45, 2.75) is 23.9 Å². The number of alkyl halides is 6. The van der Waals surface area contributed by atoms with Crippen molar-refractivity contribution in [3.05, 3.63) is 70.8 Å². The lowest BCUT2D eigenvalue weighted by molar-refractivity contribution is -0.138. The van der Waals surface area contributed by atoms with E-state index in [1.807, 2.05) is 0 Å². The normalized spacial score (nSPS) is 12.4. The molecule has 2 aromatic rings. The first kappa shape index (κ1) is 19.1. The molecule has 0 spiro atoms. The molecular formula is C16H12F6S2. The molecule has 0 bridgehead atoms. The average molecular weight is 382 g/mol. The topological polar surface area (TPSA) is 0 Å². The molecule has 2 rings (SSSR count). The maximum Gasteiger partial charge on any atom is 0.416 e. The van der Waals surface area contributed by atoms with Crippen molar-refractivity contribution in [2.75, 3.05) is 0 Å². The fraction of sp³-hybridized carbons (Fsp3) is 0.250. The predicted octanol–water partition coefficient (Wildman–Crippen LogP) is 6.81. The third-order valence-electron chi connectivity index (χ3n) is 3.04. The van der Waals surface area contributed by atoms with Gasteiger partial charge < -0.3 is 0 Å². The van der Waals surface area contributed by atoms with Crippen molar-refractivity contribution < 1.29 is 26.3 Å². The molecule has 0 saturated carbocycles. The van der Waals surface area contributed by atoms with Crippen molar-refractivity contribution >= 4 is 21.6 Å². The number of rotatable bonds is 5. The molecule has 0 aliphatic rings. The zero-order valence-electron chi connectivity index (χ0n) is 12.1. The molecule has 0 unspecified atom stereocenters. The van der Waals surface area contributed by atoms with E-state index in [2.05, 4.69) is 0 Å². The van der Waals surface area contributed by atoms with Crippen LogP contribution in [-0.2, 0) is 23.9 Å². The van der Waals surface area contributed by atoms with Crippen LogP contribution in [0, 0.1) is 0 Å². The van der Waals surface area contributed by atoms with E-state index in [0.717, 1.165) is 24.3 Å². The van der Waals surface area contributed by atoms with Crippen LogP contribution in [0.1, 0.15) is 22.3 Å². The van der Waals surface area contributed by atoms with Gasteiger partial charge in [-0.1, -0.05) is 58.0 Å². The minimum atomic E-state index is -4.38. The SMILES string of the molecule is FC(F)(F)c1cccc(CSSCc2cccc(C(F)(F)F)c2)c1. The average Bonchev–Trinajstić information content (AvgIpc) is 2.51. The van der Waals surface area contributed by atoms with E-state index in [4.69, 9.17) is 0 Å². The van der Waals surface area contributed by atoms with Crippen molar-refractivity contribution in [3.63, 3.8) is 0 Å². The van der Waals surface area contributed by atoms with Crippen LogP contribution in [0.4, 0.5) is 26.3 Å². The van der Waals surface area contributed by atoms with Gasteiger partial charge in [0.1, 0.15) is 0 Å². The van der Waals surface area contributed by atoms with E-state index in [0.29, 0.717) is 22.6 Å². The van der Waals surface area contributed by atoms with E-state index < -0.39 is 23.5 Å². The molecule has 0 aromatic heterocycles. The molecule has 0 aliphatic carbocycles. The van der Waals surface area contributed by atoms with Crippen molar-refractivity contribution in [1.29, 1.82) is 0 Å². The Morgan fingerprint density at radius 1 is 0.625 bits per heavy atom. The Labute approximate surface area is 143 Å². The highest BCUT2D eigenvalue weighted by molar-refractivity contribution is 8.76. The van der Waals surface area contributed by atoms with Crippen LogP contribution >= 0.6 is 21.6 Å². The molecule has 0 heterocycles. The number of hydrogen-bond donors (Lipinski definition) is 0. The second-order valence-corrected chi connectivity index (χ2v) is 7.38. The lowest BCUT2D eigenvalue weighted by Crippen LogP contribution is -2.05. The minimum Gasteiger partial charge on any atom is -0.166 e. The molecule has 24 heavy (non-hydrogen) atoms. The quantitative estimate of drug-likeness (QED) is 0.317. The summed E-state index contributed by atoms with van der Waals surface area (Å²) in [4.78, 5) is 0. The van der Waals surface area contributed by atoms with Gasteiger partial charge in [-0.05, 0) is 23.3 Å². The molecule has 0 saturated heterocycles. The van der Waals surface area contributed by atoms with Crippen LogP contribution in [0.5, 0.6) is 0 Å². The first-order chi connectivity index (χ1) is 11.2. The Morgan fingerprint density at radius 2 is 1.00 bits per heavy atom. The largest absolute Gasteiger partial charge is 0.416 e. The lowest BCUT2D eigenvalue weighted by Gasteiger charge is -2.09. The lowest BCUT2D eigenvalue weighted by atomic mass is 10.1. The number of benzene rings is 2. The summed E-state index contributed by atoms with van der Waals surface area (Å²) in [7, 11) is 2.60. The molecule has 2 aromatic carbocycles. The Bertz CT molecular complexity index is 619. The van der Waals surface area contributed by atoms with Crippen LogP contribution in [0.2, 0.25) is 0 Å². The van der Waals surface area contributed by atoms with Gasteiger partial charge in [0.25, 0.3) is 0 Å². The first-order valence-corrected chi connectivity index (χ1v) is 9.22. The highest BCUT2D eigenvalue weighted by Crippen LogP contribution is 2.34. The molecule has 0 radical (unpaired) electrons. The van der Waals surface area contributed by atoms with Crippen molar-refractivity contribution in [3.8, 4) is 0 Å². The van der Waals surface area contributed by atoms with E-state index in [1.165, 1.54) is 33.7 Å². The van der Waals surface area contributed by atoms with Crippen LogP contribution in [0.3, 0.4) is 0 Å². The zero-order valence-corrected chi connectivity index (χ0v) is 13.8. The van der Waals surface area contributed by atoms with E-state index >= 15 is 0 Å². The molecule has 0 nitrogen and oxygen atoms in total. The minimum absolute atomic E-state index is 0.341. The van der Waals surface area contributed by atoms with Gasteiger partial charge in [-0.25, -0.2) is 0 Å². The van der Waals surface area contributed by atoms with Gasteiger partial charge in [-0.3, -0.25) is 0 Å². The van der Waals surface area contributed by atoms with Gasteiger partial charge in [-0.2, -0.15) is 26.3 Å². The molecule has 0 aliphatic heterocycles. The predicted molar refractivity (Wildman–Crippen MR) is 85.5 cm³/mol. The molecule has 0 atom stereocenters. The van der Waals surface area contributed by atoms with Crippen LogP contribution in [-0.4, -0.2) is 0 Å². The molecule has 0 fully saturated rings. The third-order valence-corrected chi connectivity index (χ3v) is 5.32. The highest BCUT2D eigenvalue weighted by Gasteiger charge is 2.31. The molecule has 130 valence electrons. The standard InChI is InChI=1S/C16H12F6S2/c17-15(18,19)13-5-1-3-11(7-13)9-23-24-10-12-4-2-6-14(8-12)16(20,21)22/h1-8H,9-10H2. The molecule has 8 heteroatoms. The summed E-state index contributed by atoms with van der Waals surface area (Å²) >= 11 is 0. The summed E-state index contributed by atoms with van der Waals surface area (Å²) in [6.45, 7) is 0. The summed E-state index contributed by atoms with van der Waals surface area (Å²) in [6.07, 6.45) is -8.77. The Hall–Kier alpha value is -1.28. The van der Waals surface area contributed by atoms with Crippen LogP contribution in [0.25, 0.3) is 0 Å². The fourth-order valence-electron chi connectivity index (χ4n) is 1.89. The summed E-state index contributed by atoms with van der Waals surface area (Å²) < 4.78 is 75.6. The first-order valence-electron chi connectivity index (χ1n) is 6.73. The van der Waals surface area contributed by atoms with Crippen LogP contribution in [0.15, 0.2) is 48.5 Å². The summed E-state index contributed by atoms with van der Waals surface area (Å²) in [5, 5.41) is 0. The van der Waals surface area contributed by atoms with E-state index in [1.54, 1.807) is 12.1 Å². The number of halogens is 6. The second-order valence-electron chi connectivity index (χ2n) is 4.92. The second kappa shape index (κ2) is 7.74. The molecule has 0 amide bonds. The fourth-order valence-corrected chi connectivity index (χ4v) is 4.01. The summed E-state index contributed by atoms with van der Waals surface area (Å²) in [5.41, 5.74) is -0.371. The third kappa shape index (κ3) is 5.66. The zero-order chi connectivity index (χ0) is 17.8. The Balaban J connectivity index is 1.88. The summed E-state index contributed by atoms with van der Waals surface area (Å²) in [5.74, 6) is 0.682. The van der Waals surface area contributed by atoms with E-state index in [-0.39, 0.29) is 0 Å².